The lowest BCUT2D eigenvalue weighted by Crippen LogP contribution is -2.33. The van der Waals surface area contributed by atoms with Gasteiger partial charge in [-0.25, -0.2) is 9.69 Å². The average molecular weight is 403 g/mol. The number of hydrogen-bond acceptors (Lipinski definition) is 3. The summed E-state index contributed by atoms with van der Waals surface area (Å²) in [6.45, 7) is 0.0966. The van der Waals surface area contributed by atoms with Crippen molar-refractivity contribution in [1.82, 2.24) is 0 Å². The monoisotopic (exact) mass is 402 g/mol. The number of nitrogens with zero attached hydrogens (tertiary/aromatic N) is 2. The molecule has 3 aromatic rings. The van der Waals surface area contributed by atoms with Gasteiger partial charge in [0.05, 0.1) is 5.69 Å². The van der Waals surface area contributed by atoms with Gasteiger partial charge in [0, 0.05) is 17.0 Å². The van der Waals surface area contributed by atoms with E-state index in [1.165, 1.54) is 0 Å². The highest BCUT2D eigenvalue weighted by atomic mass is 35.5. The number of ether oxygens (including phenoxy) is 1. The third-order valence-electron chi connectivity index (χ3n) is 4.59. The number of fused-ring (bicyclic) bond motifs is 1. The summed E-state index contributed by atoms with van der Waals surface area (Å²) in [6, 6.07) is 17.4. The third kappa shape index (κ3) is 3.58. The van der Waals surface area contributed by atoms with E-state index in [2.05, 4.69) is 10.9 Å². The molecule has 0 saturated carbocycles. The molecule has 0 bridgehead atoms. The largest absolute Gasteiger partial charge is 0.481 e. The fourth-order valence-electron chi connectivity index (χ4n) is 3.31. The van der Waals surface area contributed by atoms with E-state index in [1.54, 1.807) is 24.3 Å². The zero-order chi connectivity index (χ0) is 20.4. The zero-order valence-electron chi connectivity index (χ0n) is 15.3. The first-order valence-electron chi connectivity index (χ1n) is 8.87. The third-order valence-corrected chi connectivity index (χ3v) is 4.83. The molecule has 1 aliphatic heterocycles. The molecule has 0 N–H and O–H groups in total. The number of aliphatic imine (C=N–C) groups is 1. The van der Waals surface area contributed by atoms with E-state index in [0.29, 0.717) is 16.5 Å². The lowest BCUT2D eigenvalue weighted by atomic mass is 9.98. The molecule has 6 heteroatoms. The van der Waals surface area contributed by atoms with Gasteiger partial charge in [0.2, 0.25) is 0 Å². The second-order valence-corrected chi connectivity index (χ2v) is 6.83. The van der Waals surface area contributed by atoms with Crippen LogP contribution in [-0.4, -0.2) is 24.3 Å². The molecular weight excluding hydrogens is 388 g/mol. The summed E-state index contributed by atoms with van der Waals surface area (Å²) in [5, 5.41) is 2.32. The maximum absolute atomic E-state index is 13.0. The minimum Gasteiger partial charge on any atom is -0.481 e. The first-order chi connectivity index (χ1) is 14.1. The van der Waals surface area contributed by atoms with E-state index >= 15 is 0 Å². The predicted octanol–water partition coefficient (Wildman–Crippen LogP) is 4.66. The zero-order valence-corrected chi connectivity index (χ0v) is 16.0. The van der Waals surface area contributed by atoms with Crippen molar-refractivity contribution in [2.24, 2.45) is 4.99 Å². The molecule has 3 aromatic carbocycles. The van der Waals surface area contributed by atoms with Crippen LogP contribution in [-0.2, 0) is 11.2 Å². The summed E-state index contributed by atoms with van der Waals surface area (Å²) in [5.74, 6) is 2.52. The second-order valence-electron chi connectivity index (χ2n) is 6.39. The van der Waals surface area contributed by atoms with E-state index in [0.717, 1.165) is 21.2 Å². The number of halogens is 1. The fourth-order valence-corrected chi connectivity index (χ4v) is 3.49. The van der Waals surface area contributed by atoms with Crippen LogP contribution in [0.25, 0.3) is 10.8 Å². The van der Waals surface area contributed by atoms with Crippen molar-refractivity contribution in [3.8, 4) is 18.1 Å². The van der Waals surface area contributed by atoms with Crippen molar-refractivity contribution in [3.63, 3.8) is 0 Å². The van der Waals surface area contributed by atoms with Gasteiger partial charge in [-0.3, -0.25) is 4.79 Å². The minimum absolute atomic E-state index is 0.0966. The molecule has 4 rings (SSSR count). The van der Waals surface area contributed by atoms with Crippen molar-refractivity contribution in [2.45, 2.75) is 6.42 Å². The molecule has 0 aliphatic carbocycles. The minimum atomic E-state index is -0.640. The molecule has 1 aliphatic rings. The molecule has 0 saturated heterocycles. The number of urea groups is 1. The van der Waals surface area contributed by atoms with Gasteiger partial charge in [-0.1, -0.05) is 53.9 Å². The van der Waals surface area contributed by atoms with Crippen molar-refractivity contribution in [2.75, 3.05) is 11.5 Å². The maximum atomic E-state index is 13.0. The lowest BCUT2D eigenvalue weighted by molar-refractivity contribution is -0.111. The van der Waals surface area contributed by atoms with Gasteiger partial charge in [0.15, 0.2) is 0 Å². The van der Waals surface area contributed by atoms with Crippen LogP contribution in [0.5, 0.6) is 5.75 Å². The highest BCUT2D eigenvalue weighted by Gasteiger charge is 2.35. The summed E-state index contributed by atoms with van der Waals surface area (Å²) in [4.78, 5) is 30.4. The van der Waals surface area contributed by atoms with Gasteiger partial charge in [0.25, 0.3) is 5.91 Å². The Balaban J connectivity index is 1.71. The topological polar surface area (TPSA) is 59.0 Å². The van der Waals surface area contributed by atoms with Gasteiger partial charge >= 0.3 is 6.03 Å². The molecule has 3 amide bonds. The number of amides is 3. The van der Waals surface area contributed by atoms with Gasteiger partial charge in [0.1, 0.15) is 18.1 Å². The van der Waals surface area contributed by atoms with E-state index < -0.39 is 11.9 Å². The highest BCUT2D eigenvalue weighted by Crippen LogP contribution is 2.31. The Kier molecular flexibility index (Phi) is 5.03. The number of anilines is 1. The van der Waals surface area contributed by atoms with Gasteiger partial charge in [-0.15, -0.1) is 6.42 Å². The summed E-state index contributed by atoms with van der Waals surface area (Å²) in [7, 11) is 0. The predicted molar refractivity (Wildman–Crippen MR) is 114 cm³/mol. The SMILES string of the molecule is C#CCOc1ccc2ccccc2c1CC1=NC(=O)N(c2cccc(Cl)c2)C1=O. The van der Waals surface area contributed by atoms with E-state index in [9.17, 15) is 9.59 Å². The number of carbonyl (C=O) groups excluding carboxylic acids is 2. The van der Waals surface area contributed by atoms with Crippen LogP contribution in [0.3, 0.4) is 0 Å². The standard InChI is InChI=1S/C23H15ClN2O3/c1-2-12-29-21-11-10-15-6-3-4-9-18(15)19(21)14-20-22(27)26(23(28)25-20)17-8-5-7-16(24)13-17/h1,3-11,13H,12,14H2. The first-order valence-corrected chi connectivity index (χ1v) is 9.24. The lowest BCUT2D eigenvalue weighted by Gasteiger charge is -2.15. The van der Waals surface area contributed by atoms with Crippen molar-refractivity contribution in [3.05, 3.63) is 71.2 Å². The van der Waals surface area contributed by atoms with Crippen molar-refractivity contribution < 1.29 is 14.3 Å². The molecule has 0 radical (unpaired) electrons. The van der Waals surface area contributed by atoms with Gasteiger partial charge < -0.3 is 4.74 Å². The molecule has 142 valence electrons. The Morgan fingerprint density at radius 3 is 2.69 bits per heavy atom. The van der Waals surface area contributed by atoms with Crippen molar-refractivity contribution in [1.29, 1.82) is 0 Å². The number of hydrogen-bond donors (Lipinski definition) is 0. The average Bonchev–Trinajstić information content (AvgIpc) is 3.00. The number of rotatable bonds is 5. The molecule has 29 heavy (non-hydrogen) atoms. The summed E-state index contributed by atoms with van der Waals surface area (Å²) >= 11 is 6.00. The Morgan fingerprint density at radius 2 is 1.90 bits per heavy atom. The van der Waals surface area contributed by atoms with Crippen LogP contribution < -0.4 is 9.64 Å². The van der Waals surface area contributed by atoms with Crippen LogP contribution in [0.2, 0.25) is 5.02 Å². The van der Waals surface area contributed by atoms with Crippen LogP contribution in [0.1, 0.15) is 5.56 Å². The van der Waals surface area contributed by atoms with Crippen LogP contribution in [0.15, 0.2) is 65.7 Å². The molecule has 0 aromatic heterocycles. The Morgan fingerprint density at radius 1 is 1.07 bits per heavy atom. The second kappa shape index (κ2) is 7.78. The molecule has 0 atom stereocenters. The smallest absolute Gasteiger partial charge is 0.355 e. The van der Waals surface area contributed by atoms with Gasteiger partial charge in [-0.2, -0.15) is 4.99 Å². The molecular formula is C23H15ClN2O3. The Bertz CT molecular complexity index is 1210. The molecule has 0 spiro atoms. The molecule has 0 fully saturated rings. The molecule has 5 nitrogen and oxygen atoms in total. The maximum Gasteiger partial charge on any atom is 0.355 e. The number of carbonyl (C=O) groups is 2. The van der Waals surface area contributed by atoms with E-state index in [-0.39, 0.29) is 18.7 Å². The highest BCUT2D eigenvalue weighted by molar-refractivity contribution is 6.54. The van der Waals surface area contributed by atoms with Gasteiger partial charge in [-0.05, 0) is 35.0 Å². The molecule has 1 heterocycles. The van der Waals surface area contributed by atoms with E-state index in [1.807, 2.05) is 36.4 Å². The Labute approximate surface area is 172 Å². The normalized spacial score (nSPS) is 13.5. The molecule has 0 unspecified atom stereocenters. The quantitative estimate of drug-likeness (QED) is 0.583. The number of imide groups is 1. The van der Waals surface area contributed by atoms with E-state index in [4.69, 9.17) is 22.8 Å². The summed E-state index contributed by atoms with van der Waals surface area (Å²) in [6.07, 6.45) is 5.46. The van der Waals surface area contributed by atoms with Crippen LogP contribution in [0.4, 0.5) is 10.5 Å². The number of terminal acetylenes is 1. The first kappa shape index (κ1) is 18.7. The summed E-state index contributed by atoms with van der Waals surface area (Å²) in [5.41, 5.74) is 1.27. The number of benzene rings is 3. The van der Waals surface area contributed by atoms with Crippen molar-refractivity contribution >= 4 is 45.7 Å². The summed E-state index contributed by atoms with van der Waals surface area (Å²) < 4.78 is 5.68. The Hall–Kier alpha value is -3.62. The van der Waals surface area contributed by atoms with Crippen LogP contribution in [0, 0.1) is 12.3 Å². The fraction of sp³-hybridized carbons (Fsp3) is 0.0870. The van der Waals surface area contributed by atoms with Crippen LogP contribution >= 0.6 is 11.6 Å².